The zero-order chi connectivity index (χ0) is 15.0. The maximum Gasteiger partial charge on any atom is 0.328 e. The molecule has 1 unspecified atom stereocenters. The highest BCUT2D eigenvalue weighted by atomic mass is 16.5. The minimum absolute atomic E-state index is 0.0209. The highest BCUT2D eigenvalue weighted by molar-refractivity contribution is 5.83. The lowest BCUT2D eigenvalue weighted by Crippen LogP contribution is -2.50. The summed E-state index contributed by atoms with van der Waals surface area (Å²) in [6.45, 7) is 8.29. The van der Waals surface area contributed by atoms with E-state index >= 15 is 0 Å². The summed E-state index contributed by atoms with van der Waals surface area (Å²) in [5, 5.41) is 5.39. The van der Waals surface area contributed by atoms with Gasteiger partial charge >= 0.3 is 12.0 Å². The Morgan fingerprint density at radius 2 is 1.95 bits per heavy atom. The van der Waals surface area contributed by atoms with Gasteiger partial charge in [-0.2, -0.15) is 0 Å². The molecule has 1 aliphatic heterocycles. The van der Waals surface area contributed by atoms with E-state index < -0.39 is 12.0 Å². The number of ether oxygens (including phenoxy) is 2. The molecule has 1 heterocycles. The van der Waals surface area contributed by atoms with Crippen molar-refractivity contribution in [1.82, 2.24) is 15.5 Å². The van der Waals surface area contributed by atoms with E-state index in [2.05, 4.69) is 20.3 Å². The molecule has 1 aliphatic rings. The van der Waals surface area contributed by atoms with Crippen LogP contribution >= 0.6 is 0 Å². The van der Waals surface area contributed by atoms with Gasteiger partial charge in [0.1, 0.15) is 6.04 Å². The zero-order valence-corrected chi connectivity index (χ0v) is 12.5. The molecule has 1 rings (SSSR count). The first-order chi connectivity index (χ1) is 9.54. The van der Waals surface area contributed by atoms with Crippen LogP contribution in [0.3, 0.4) is 0 Å². The highest BCUT2D eigenvalue weighted by Gasteiger charge is 2.24. The van der Waals surface area contributed by atoms with Crippen LogP contribution in [0.15, 0.2) is 0 Å². The number of esters is 1. The van der Waals surface area contributed by atoms with E-state index in [0.29, 0.717) is 6.54 Å². The molecule has 0 saturated carbocycles. The SMILES string of the molecule is COC(=O)C(NC(=O)NCCN1CCOCC1)C(C)C. The van der Waals surface area contributed by atoms with Crippen molar-refractivity contribution < 1.29 is 19.1 Å². The van der Waals surface area contributed by atoms with Crippen molar-refractivity contribution in [1.29, 1.82) is 0 Å². The summed E-state index contributed by atoms with van der Waals surface area (Å²) in [4.78, 5) is 25.5. The Bertz CT molecular complexity index is 317. The Balaban J connectivity index is 2.25. The van der Waals surface area contributed by atoms with Crippen LogP contribution < -0.4 is 10.6 Å². The van der Waals surface area contributed by atoms with Crippen LogP contribution in [-0.2, 0) is 14.3 Å². The predicted molar refractivity (Wildman–Crippen MR) is 74.4 cm³/mol. The molecule has 0 bridgehead atoms. The highest BCUT2D eigenvalue weighted by Crippen LogP contribution is 2.03. The summed E-state index contributed by atoms with van der Waals surface area (Å²) in [5.41, 5.74) is 0. The number of amides is 2. The standard InChI is InChI=1S/C13H25N3O4/c1-10(2)11(12(17)19-3)15-13(18)14-4-5-16-6-8-20-9-7-16/h10-11H,4-9H2,1-3H3,(H2,14,15,18). The van der Waals surface area contributed by atoms with Gasteiger partial charge in [-0.05, 0) is 5.92 Å². The number of carbonyl (C=O) groups excluding carboxylic acids is 2. The minimum atomic E-state index is -0.622. The number of methoxy groups -OCH3 is 1. The molecule has 1 atom stereocenters. The first-order valence-corrected chi connectivity index (χ1v) is 6.97. The maximum atomic E-state index is 11.7. The van der Waals surface area contributed by atoms with Crippen molar-refractivity contribution in [3.05, 3.63) is 0 Å². The summed E-state index contributed by atoms with van der Waals surface area (Å²) in [5.74, 6) is -0.448. The fourth-order valence-electron chi connectivity index (χ4n) is 1.97. The average molecular weight is 287 g/mol. The van der Waals surface area contributed by atoms with E-state index in [0.717, 1.165) is 32.8 Å². The molecule has 0 aliphatic carbocycles. The van der Waals surface area contributed by atoms with Crippen LogP contribution in [0.1, 0.15) is 13.8 Å². The Labute approximate surface area is 120 Å². The smallest absolute Gasteiger partial charge is 0.328 e. The summed E-state index contributed by atoms with van der Waals surface area (Å²) in [7, 11) is 1.32. The largest absolute Gasteiger partial charge is 0.467 e. The van der Waals surface area contributed by atoms with Crippen molar-refractivity contribution in [3.63, 3.8) is 0 Å². The van der Waals surface area contributed by atoms with Gasteiger partial charge in [-0.1, -0.05) is 13.8 Å². The zero-order valence-electron chi connectivity index (χ0n) is 12.5. The molecule has 0 radical (unpaired) electrons. The number of nitrogens with zero attached hydrogens (tertiary/aromatic N) is 1. The molecule has 1 fully saturated rings. The monoisotopic (exact) mass is 287 g/mol. The fraction of sp³-hybridized carbons (Fsp3) is 0.846. The summed E-state index contributed by atoms with van der Waals surface area (Å²) in [6.07, 6.45) is 0. The molecule has 2 amide bonds. The number of carbonyl (C=O) groups is 2. The lowest BCUT2D eigenvalue weighted by atomic mass is 10.1. The second-order valence-corrected chi connectivity index (χ2v) is 5.10. The van der Waals surface area contributed by atoms with Crippen molar-refractivity contribution >= 4 is 12.0 Å². The van der Waals surface area contributed by atoms with Crippen molar-refractivity contribution in [2.75, 3.05) is 46.5 Å². The Morgan fingerprint density at radius 1 is 1.30 bits per heavy atom. The summed E-state index contributed by atoms with van der Waals surface area (Å²) in [6, 6.07) is -0.967. The summed E-state index contributed by atoms with van der Waals surface area (Å²) < 4.78 is 9.92. The number of nitrogens with one attached hydrogen (secondary N) is 2. The van der Waals surface area contributed by atoms with Gasteiger partial charge in [-0.25, -0.2) is 9.59 Å². The predicted octanol–water partition coefficient (Wildman–Crippen LogP) is -0.185. The molecule has 0 spiro atoms. The molecule has 0 aromatic carbocycles. The molecular weight excluding hydrogens is 262 g/mol. The molecule has 20 heavy (non-hydrogen) atoms. The first-order valence-electron chi connectivity index (χ1n) is 6.97. The fourth-order valence-corrected chi connectivity index (χ4v) is 1.97. The van der Waals surface area contributed by atoms with Crippen molar-refractivity contribution in [3.8, 4) is 0 Å². The molecule has 7 nitrogen and oxygen atoms in total. The molecule has 116 valence electrons. The van der Waals surface area contributed by atoms with Crippen LogP contribution in [0.2, 0.25) is 0 Å². The number of rotatable bonds is 6. The van der Waals surface area contributed by atoms with E-state index in [4.69, 9.17) is 4.74 Å². The quantitative estimate of drug-likeness (QED) is 0.662. The van der Waals surface area contributed by atoms with E-state index in [1.54, 1.807) is 0 Å². The van der Waals surface area contributed by atoms with E-state index in [9.17, 15) is 9.59 Å². The topological polar surface area (TPSA) is 79.9 Å². The van der Waals surface area contributed by atoms with Crippen LogP contribution in [0, 0.1) is 5.92 Å². The van der Waals surface area contributed by atoms with Gasteiger partial charge in [0.05, 0.1) is 20.3 Å². The van der Waals surface area contributed by atoms with E-state index in [1.807, 2.05) is 13.8 Å². The van der Waals surface area contributed by atoms with Gasteiger partial charge in [0.25, 0.3) is 0 Å². The first kappa shape index (κ1) is 16.7. The number of morpholine rings is 1. The Morgan fingerprint density at radius 3 is 2.50 bits per heavy atom. The van der Waals surface area contributed by atoms with Crippen LogP contribution in [0.5, 0.6) is 0 Å². The third-order valence-corrected chi connectivity index (χ3v) is 3.23. The number of hydrogen-bond acceptors (Lipinski definition) is 5. The van der Waals surface area contributed by atoms with Gasteiger partial charge in [0.15, 0.2) is 0 Å². The van der Waals surface area contributed by atoms with Crippen molar-refractivity contribution in [2.45, 2.75) is 19.9 Å². The molecule has 0 aromatic heterocycles. The minimum Gasteiger partial charge on any atom is -0.467 e. The molecule has 2 N–H and O–H groups in total. The van der Waals surface area contributed by atoms with Crippen molar-refractivity contribution in [2.24, 2.45) is 5.92 Å². The third kappa shape index (κ3) is 5.75. The third-order valence-electron chi connectivity index (χ3n) is 3.23. The second kappa shape index (κ2) is 8.76. The molecule has 7 heteroatoms. The van der Waals surface area contributed by atoms with Gasteiger partial charge in [0, 0.05) is 26.2 Å². The molecule has 0 aromatic rings. The number of urea groups is 1. The maximum absolute atomic E-state index is 11.7. The Hall–Kier alpha value is -1.34. The lowest BCUT2D eigenvalue weighted by Gasteiger charge is -2.26. The van der Waals surface area contributed by atoms with Gasteiger partial charge in [-0.3, -0.25) is 4.90 Å². The van der Waals surface area contributed by atoms with E-state index in [1.165, 1.54) is 7.11 Å². The molecule has 1 saturated heterocycles. The second-order valence-electron chi connectivity index (χ2n) is 5.10. The van der Waals surface area contributed by atoms with Crippen LogP contribution in [-0.4, -0.2) is 69.4 Å². The Kier molecular flexibility index (Phi) is 7.32. The average Bonchev–Trinajstić information content (AvgIpc) is 2.45. The van der Waals surface area contributed by atoms with Gasteiger partial charge < -0.3 is 20.1 Å². The summed E-state index contributed by atoms with van der Waals surface area (Å²) >= 11 is 0. The van der Waals surface area contributed by atoms with Crippen LogP contribution in [0.25, 0.3) is 0 Å². The number of hydrogen-bond donors (Lipinski definition) is 2. The van der Waals surface area contributed by atoms with E-state index in [-0.39, 0.29) is 11.9 Å². The van der Waals surface area contributed by atoms with Gasteiger partial charge in [0.2, 0.25) is 0 Å². The lowest BCUT2D eigenvalue weighted by molar-refractivity contribution is -0.143. The van der Waals surface area contributed by atoms with Crippen LogP contribution in [0.4, 0.5) is 4.79 Å². The van der Waals surface area contributed by atoms with Gasteiger partial charge in [-0.15, -0.1) is 0 Å². The normalized spacial score (nSPS) is 17.6. The molecular formula is C13H25N3O4.